The van der Waals surface area contributed by atoms with Gasteiger partial charge in [-0.2, -0.15) is 0 Å². The zero-order valence-electron chi connectivity index (χ0n) is 14.2. The standard InChI is InChI=1S/C19H26N4O/c1-15-20-10-12-23(15)11-6-5-9-21-19(24)22-18-13-17(14-18)16-7-3-2-4-8-16/h2-4,7-8,10,12,17-18H,5-6,9,11,13-14H2,1H3,(H2,21,22,24). The van der Waals surface area contributed by atoms with Gasteiger partial charge in [0.25, 0.3) is 0 Å². The van der Waals surface area contributed by atoms with Gasteiger partial charge in [-0.05, 0) is 44.1 Å². The Morgan fingerprint density at radius 3 is 2.75 bits per heavy atom. The molecule has 2 amide bonds. The molecule has 3 rings (SSSR count). The first kappa shape index (κ1) is 16.6. The lowest BCUT2D eigenvalue weighted by atomic mass is 9.76. The molecule has 1 fully saturated rings. The Morgan fingerprint density at radius 2 is 2.04 bits per heavy atom. The Balaban J connectivity index is 1.25. The molecule has 5 heteroatoms. The second-order valence-corrected chi connectivity index (χ2v) is 6.55. The van der Waals surface area contributed by atoms with E-state index in [1.165, 1.54) is 5.56 Å². The molecule has 1 aromatic heterocycles. The third kappa shape index (κ3) is 4.37. The van der Waals surface area contributed by atoms with Gasteiger partial charge in [0.15, 0.2) is 0 Å². The quantitative estimate of drug-likeness (QED) is 0.768. The molecule has 5 nitrogen and oxygen atoms in total. The van der Waals surface area contributed by atoms with Crippen molar-refractivity contribution in [2.24, 2.45) is 0 Å². The second-order valence-electron chi connectivity index (χ2n) is 6.55. The molecular weight excluding hydrogens is 300 g/mol. The molecule has 2 aromatic rings. The summed E-state index contributed by atoms with van der Waals surface area (Å²) in [5.74, 6) is 1.63. The van der Waals surface area contributed by atoms with E-state index in [1.54, 1.807) is 0 Å². The summed E-state index contributed by atoms with van der Waals surface area (Å²) in [6.07, 6.45) is 7.91. The van der Waals surface area contributed by atoms with E-state index in [2.05, 4.69) is 44.5 Å². The topological polar surface area (TPSA) is 59.0 Å². The summed E-state index contributed by atoms with van der Waals surface area (Å²) < 4.78 is 2.14. The first-order chi connectivity index (χ1) is 11.7. The minimum Gasteiger partial charge on any atom is -0.338 e. The van der Waals surface area contributed by atoms with Crippen LogP contribution in [0.25, 0.3) is 0 Å². The molecule has 1 aliphatic rings. The number of benzene rings is 1. The number of unbranched alkanes of at least 4 members (excludes halogenated alkanes) is 1. The lowest BCUT2D eigenvalue weighted by Gasteiger charge is -2.36. The predicted molar refractivity (Wildman–Crippen MR) is 94.9 cm³/mol. The molecule has 0 unspecified atom stereocenters. The monoisotopic (exact) mass is 326 g/mol. The Morgan fingerprint density at radius 1 is 1.25 bits per heavy atom. The van der Waals surface area contributed by atoms with Crippen molar-refractivity contribution in [1.82, 2.24) is 20.2 Å². The highest BCUT2D eigenvalue weighted by molar-refractivity contribution is 5.74. The zero-order chi connectivity index (χ0) is 16.8. The van der Waals surface area contributed by atoms with Gasteiger partial charge in [-0.25, -0.2) is 9.78 Å². The van der Waals surface area contributed by atoms with Crippen molar-refractivity contribution in [1.29, 1.82) is 0 Å². The van der Waals surface area contributed by atoms with Crippen LogP contribution in [0.1, 0.15) is 43.0 Å². The summed E-state index contributed by atoms with van der Waals surface area (Å²) in [7, 11) is 0. The van der Waals surface area contributed by atoms with Crippen molar-refractivity contribution in [3.63, 3.8) is 0 Å². The molecule has 0 aliphatic heterocycles. The minimum atomic E-state index is -0.0367. The molecule has 128 valence electrons. The van der Waals surface area contributed by atoms with Gasteiger partial charge in [0.1, 0.15) is 5.82 Å². The molecule has 1 aliphatic carbocycles. The Bertz CT molecular complexity index is 646. The number of nitrogens with zero attached hydrogens (tertiary/aromatic N) is 2. The van der Waals surface area contributed by atoms with Crippen LogP contribution in [-0.2, 0) is 6.54 Å². The second kappa shape index (κ2) is 7.99. The minimum absolute atomic E-state index is 0.0367. The van der Waals surface area contributed by atoms with Gasteiger partial charge in [0.05, 0.1) is 0 Å². The van der Waals surface area contributed by atoms with Crippen molar-refractivity contribution in [3.8, 4) is 0 Å². The van der Waals surface area contributed by atoms with E-state index >= 15 is 0 Å². The zero-order valence-corrected chi connectivity index (χ0v) is 14.2. The highest BCUT2D eigenvalue weighted by Gasteiger charge is 2.31. The van der Waals surface area contributed by atoms with Gasteiger partial charge in [-0.1, -0.05) is 30.3 Å². The Kier molecular flexibility index (Phi) is 5.51. The highest BCUT2D eigenvalue weighted by Crippen LogP contribution is 2.36. The number of nitrogens with one attached hydrogen (secondary N) is 2. The smallest absolute Gasteiger partial charge is 0.315 e. The van der Waals surface area contributed by atoms with E-state index in [4.69, 9.17) is 0 Å². The normalized spacial score (nSPS) is 19.5. The van der Waals surface area contributed by atoms with Crippen LogP contribution in [-0.4, -0.2) is 28.2 Å². The van der Waals surface area contributed by atoms with E-state index in [1.807, 2.05) is 25.4 Å². The molecule has 24 heavy (non-hydrogen) atoms. The van der Waals surface area contributed by atoms with Crippen molar-refractivity contribution in [2.75, 3.05) is 6.54 Å². The van der Waals surface area contributed by atoms with Gasteiger partial charge in [0, 0.05) is 31.5 Å². The number of urea groups is 1. The molecule has 1 aromatic carbocycles. The van der Waals surface area contributed by atoms with Gasteiger partial charge in [-0.15, -0.1) is 0 Å². The van der Waals surface area contributed by atoms with Gasteiger partial charge in [-0.3, -0.25) is 0 Å². The van der Waals surface area contributed by atoms with Gasteiger partial charge < -0.3 is 15.2 Å². The summed E-state index contributed by atoms with van der Waals surface area (Å²) >= 11 is 0. The number of amides is 2. The molecule has 2 N–H and O–H groups in total. The lowest BCUT2D eigenvalue weighted by Crippen LogP contribution is -2.47. The van der Waals surface area contributed by atoms with Gasteiger partial charge >= 0.3 is 6.03 Å². The fourth-order valence-electron chi connectivity index (χ4n) is 3.22. The van der Waals surface area contributed by atoms with Crippen molar-refractivity contribution in [3.05, 3.63) is 54.1 Å². The van der Waals surface area contributed by atoms with E-state index in [0.29, 0.717) is 18.5 Å². The number of carbonyl (C=O) groups is 1. The van der Waals surface area contributed by atoms with Crippen LogP contribution < -0.4 is 10.6 Å². The number of hydrogen-bond donors (Lipinski definition) is 2. The Labute approximate surface area is 143 Å². The van der Waals surface area contributed by atoms with E-state index in [-0.39, 0.29) is 6.03 Å². The fraction of sp³-hybridized carbons (Fsp3) is 0.474. The van der Waals surface area contributed by atoms with Crippen LogP contribution >= 0.6 is 0 Å². The van der Waals surface area contributed by atoms with Gasteiger partial charge in [0.2, 0.25) is 0 Å². The van der Waals surface area contributed by atoms with E-state index < -0.39 is 0 Å². The number of aryl methyl sites for hydroxylation is 2. The Hall–Kier alpha value is -2.30. The van der Waals surface area contributed by atoms with E-state index in [0.717, 1.165) is 38.1 Å². The van der Waals surface area contributed by atoms with Crippen LogP contribution in [0.2, 0.25) is 0 Å². The summed E-state index contributed by atoms with van der Waals surface area (Å²) in [6, 6.07) is 10.8. The number of carbonyl (C=O) groups excluding carboxylic acids is 1. The summed E-state index contributed by atoms with van der Waals surface area (Å²) in [6.45, 7) is 3.68. The third-order valence-corrected chi connectivity index (χ3v) is 4.78. The molecule has 0 saturated heterocycles. The SMILES string of the molecule is Cc1nccn1CCCCNC(=O)NC1CC(c2ccccc2)C1. The van der Waals surface area contributed by atoms with Crippen LogP contribution in [0.4, 0.5) is 4.79 Å². The summed E-state index contributed by atoms with van der Waals surface area (Å²) in [5.41, 5.74) is 1.38. The number of imidazole rings is 1. The average molecular weight is 326 g/mol. The maximum Gasteiger partial charge on any atom is 0.315 e. The molecule has 0 radical (unpaired) electrons. The molecule has 1 saturated carbocycles. The fourth-order valence-corrected chi connectivity index (χ4v) is 3.22. The van der Waals surface area contributed by atoms with Crippen LogP contribution in [0.3, 0.4) is 0 Å². The average Bonchev–Trinajstić information content (AvgIpc) is 2.96. The van der Waals surface area contributed by atoms with E-state index in [9.17, 15) is 4.79 Å². The van der Waals surface area contributed by atoms with Crippen LogP contribution in [0.15, 0.2) is 42.7 Å². The highest BCUT2D eigenvalue weighted by atomic mass is 16.2. The van der Waals surface area contributed by atoms with Crippen molar-refractivity contribution in [2.45, 2.75) is 51.1 Å². The lowest BCUT2D eigenvalue weighted by molar-refractivity contribution is 0.222. The largest absolute Gasteiger partial charge is 0.338 e. The third-order valence-electron chi connectivity index (χ3n) is 4.78. The van der Waals surface area contributed by atoms with Crippen LogP contribution in [0, 0.1) is 6.92 Å². The first-order valence-corrected chi connectivity index (χ1v) is 8.79. The van der Waals surface area contributed by atoms with Crippen molar-refractivity contribution >= 4 is 6.03 Å². The molecule has 1 heterocycles. The predicted octanol–water partition coefficient (Wildman–Crippen LogP) is 3.22. The molecular formula is C19H26N4O. The first-order valence-electron chi connectivity index (χ1n) is 8.79. The number of hydrogen-bond acceptors (Lipinski definition) is 2. The van der Waals surface area contributed by atoms with Crippen molar-refractivity contribution < 1.29 is 4.79 Å². The number of rotatable bonds is 7. The van der Waals surface area contributed by atoms with Crippen LogP contribution in [0.5, 0.6) is 0 Å². The molecule has 0 atom stereocenters. The maximum absolute atomic E-state index is 11.9. The molecule has 0 spiro atoms. The maximum atomic E-state index is 11.9. The summed E-state index contributed by atoms with van der Waals surface area (Å²) in [5, 5.41) is 6.02. The summed E-state index contributed by atoms with van der Waals surface area (Å²) in [4.78, 5) is 16.1. The number of aromatic nitrogens is 2. The molecule has 0 bridgehead atoms.